The summed E-state index contributed by atoms with van der Waals surface area (Å²) < 4.78 is 30.5. The molecule has 0 fully saturated rings. The molecular formula is C25H30O3S. The van der Waals surface area contributed by atoms with Crippen LogP contribution in [0, 0.1) is 6.92 Å². The monoisotopic (exact) mass is 410 g/mol. The van der Waals surface area contributed by atoms with E-state index in [0.717, 1.165) is 56.4 Å². The van der Waals surface area contributed by atoms with E-state index in [0.29, 0.717) is 4.90 Å². The Morgan fingerprint density at radius 1 is 0.724 bits per heavy atom. The number of ether oxygens (including phenoxy) is 1. The van der Waals surface area contributed by atoms with Crippen molar-refractivity contribution in [2.24, 2.45) is 0 Å². The lowest BCUT2D eigenvalue weighted by Gasteiger charge is -2.08. The number of aryl methyl sites for hydroxylation is 1. The topological polar surface area (TPSA) is 43.4 Å². The van der Waals surface area contributed by atoms with Crippen molar-refractivity contribution < 1.29 is 13.2 Å². The molecule has 4 heteroatoms. The Morgan fingerprint density at radius 3 is 2.14 bits per heavy atom. The first-order valence-corrected chi connectivity index (χ1v) is 12.1. The molecule has 3 rings (SSSR count). The molecule has 0 aromatic heterocycles. The van der Waals surface area contributed by atoms with Crippen molar-refractivity contribution in [3.05, 3.63) is 72.3 Å². The lowest BCUT2D eigenvalue weighted by molar-refractivity contribution is 0.305. The molecule has 0 atom stereocenters. The molecule has 0 spiro atoms. The fourth-order valence-electron chi connectivity index (χ4n) is 3.41. The van der Waals surface area contributed by atoms with Crippen LogP contribution in [0.3, 0.4) is 0 Å². The maximum absolute atomic E-state index is 12.3. The van der Waals surface area contributed by atoms with Crippen molar-refractivity contribution in [2.45, 2.75) is 50.3 Å². The van der Waals surface area contributed by atoms with Crippen molar-refractivity contribution in [1.82, 2.24) is 0 Å². The molecule has 0 heterocycles. The van der Waals surface area contributed by atoms with E-state index in [4.69, 9.17) is 4.74 Å². The second-order valence-electron chi connectivity index (χ2n) is 7.61. The number of hydrogen-bond donors (Lipinski definition) is 0. The molecule has 3 nitrogen and oxygen atoms in total. The Balaban J connectivity index is 1.27. The van der Waals surface area contributed by atoms with Crippen LogP contribution in [-0.2, 0) is 9.84 Å². The summed E-state index contributed by atoms with van der Waals surface area (Å²) >= 11 is 0. The molecule has 0 N–H and O–H groups in total. The average Bonchev–Trinajstić information content (AvgIpc) is 2.72. The first kappa shape index (κ1) is 21.4. The van der Waals surface area contributed by atoms with Crippen molar-refractivity contribution in [3.63, 3.8) is 0 Å². The van der Waals surface area contributed by atoms with E-state index in [-0.39, 0.29) is 5.75 Å². The summed E-state index contributed by atoms with van der Waals surface area (Å²) in [6, 6.07) is 21.6. The second-order valence-corrected chi connectivity index (χ2v) is 9.72. The minimum atomic E-state index is -3.14. The summed E-state index contributed by atoms with van der Waals surface area (Å²) in [5, 5.41) is 2.43. The molecule has 0 bridgehead atoms. The van der Waals surface area contributed by atoms with Gasteiger partial charge < -0.3 is 4.74 Å². The lowest BCUT2D eigenvalue weighted by atomic mass is 10.1. The Kier molecular flexibility index (Phi) is 7.70. The van der Waals surface area contributed by atoms with Crippen LogP contribution in [0.1, 0.15) is 44.1 Å². The lowest BCUT2D eigenvalue weighted by Crippen LogP contribution is -2.06. The number of sulfone groups is 1. The Hall–Kier alpha value is -2.33. The molecule has 0 radical (unpaired) electrons. The van der Waals surface area contributed by atoms with E-state index in [2.05, 4.69) is 24.3 Å². The van der Waals surface area contributed by atoms with Gasteiger partial charge in [-0.1, -0.05) is 73.7 Å². The Morgan fingerprint density at radius 2 is 1.38 bits per heavy atom. The number of unbranched alkanes of at least 4 members (excludes halogenated alkanes) is 5. The molecular weight excluding hydrogens is 380 g/mol. The quantitative estimate of drug-likeness (QED) is 0.346. The van der Waals surface area contributed by atoms with Gasteiger partial charge in [0.2, 0.25) is 0 Å². The van der Waals surface area contributed by atoms with Gasteiger partial charge in [-0.3, -0.25) is 0 Å². The number of hydrogen-bond acceptors (Lipinski definition) is 3. The molecule has 0 saturated heterocycles. The van der Waals surface area contributed by atoms with Gasteiger partial charge in [0.15, 0.2) is 9.84 Å². The summed E-state index contributed by atoms with van der Waals surface area (Å²) in [6.45, 7) is 2.68. The van der Waals surface area contributed by atoms with Gasteiger partial charge in [0.1, 0.15) is 5.75 Å². The predicted molar refractivity (Wildman–Crippen MR) is 120 cm³/mol. The third kappa shape index (κ3) is 6.60. The van der Waals surface area contributed by atoms with Crippen LogP contribution in [0.2, 0.25) is 0 Å². The number of benzene rings is 3. The zero-order valence-corrected chi connectivity index (χ0v) is 18.0. The highest BCUT2D eigenvalue weighted by Crippen LogP contribution is 2.21. The highest BCUT2D eigenvalue weighted by atomic mass is 32.2. The standard InChI is InChI=1S/C25H30O3S/c1-21-12-16-25(17-13-21)29(26,27)19-9-5-3-2-4-8-18-28-24-15-14-22-10-6-7-11-23(22)20-24/h6-7,10-17,20H,2-5,8-9,18-19H2,1H3. The minimum Gasteiger partial charge on any atom is -0.494 e. The molecule has 0 aliphatic heterocycles. The van der Waals surface area contributed by atoms with Gasteiger partial charge in [0, 0.05) is 0 Å². The normalized spacial score (nSPS) is 11.6. The summed E-state index contributed by atoms with van der Waals surface area (Å²) in [5.74, 6) is 1.16. The fourth-order valence-corrected chi connectivity index (χ4v) is 4.78. The molecule has 0 amide bonds. The Labute approximate surface area is 174 Å². The third-order valence-electron chi connectivity index (χ3n) is 5.18. The third-order valence-corrected chi connectivity index (χ3v) is 6.99. The van der Waals surface area contributed by atoms with Crippen LogP contribution in [-0.4, -0.2) is 20.8 Å². The number of rotatable bonds is 11. The molecule has 29 heavy (non-hydrogen) atoms. The van der Waals surface area contributed by atoms with Gasteiger partial charge >= 0.3 is 0 Å². The van der Waals surface area contributed by atoms with Crippen LogP contribution >= 0.6 is 0 Å². The molecule has 0 aliphatic rings. The SMILES string of the molecule is Cc1ccc(S(=O)(=O)CCCCCCCCOc2ccc3ccccc3c2)cc1. The van der Waals surface area contributed by atoms with Gasteiger partial charge in [0.05, 0.1) is 17.3 Å². The van der Waals surface area contributed by atoms with Gasteiger partial charge in [-0.2, -0.15) is 0 Å². The van der Waals surface area contributed by atoms with E-state index in [1.807, 2.05) is 37.3 Å². The molecule has 154 valence electrons. The molecule has 0 saturated carbocycles. The van der Waals surface area contributed by atoms with Crippen LogP contribution in [0.5, 0.6) is 5.75 Å². The smallest absolute Gasteiger partial charge is 0.178 e. The highest BCUT2D eigenvalue weighted by Gasteiger charge is 2.13. The van der Waals surface area contributed by atoms with Gasteiger partial charge in [-0.25, -0.2) is 8.42 Å². The van der Waals surface area contributed by atoms with Gasteiger partial charge in [0.25, 0.3) is 0 Å². The summed E-state index contributed by atoms with van der Waals surface area (Å²) in [7, 11) is -3.14. The maximum Gasteiger partial charge on any atom is 0.178 e. The van der Waals surface area contributed by atoms with E-state index in [9.17, 15) is 8.42 Å². The zero-order valence-electron chi connectivity index (χ0n) is 17.1. The first-order valence-electron chi connectivity index (χ1n) is 10.5. The van der Waals surface area contributed by atoms with Crippen molar-refractivity contribution in [3.8, 4) is 5.75 Å². The number of fused-ring (bicyclic) bond motifs is 1. The van der Waals surface area contributed by atoms with Crippen molar-refractivity contribution >= 4 is 20.6 Å². The first-order chi connectivity index (χ1) is 14.0. The molecule has 3 aromatic carbocycles. The average molecular weight is 411 g/mol. The molecule has 0 unspecified atom stereocenters. The van der Waals surface area contributed by atoms with E-state index < -0.39 is 9.84 Å². The molecule has 3 aromatic rings. The largest absolute Gasteiger partial charge is 0.494 e. The highest BCUT2D eigenvalue weighted by molar-refractivity contribution is 7.91. The molecule has 0 aliphatic carbocycles. The minimum absolute atomic E-state index is 0.237. The van der Waals surface area contributed by atoms with Crippen LogP contribution < -0.4 is 4.74 Å². The van der Waals surface area contributed by atoms with Gasteiger partial charge in [-0.15, -0.1) is 0 Å². The maximum atomic E-state index is 12.3. The van der Waals surface area contributed by atoms with Gasteiger partial charge in [-0.05, 0) is 54.8 Å². The predicted octanol–water partition coefficient (Wildman–Crippen LogP) is 6.34. The van der Waals surface area contributed by atoms with Crippen LogP contribution in [0.15, 0.2) is 71.6 Å². The Bertz CT molecular complexity index is 1010. The summed E-state index contributed by atoms with van der Waals surface area (Å²) in [6.07, 6.45) is 6.00. The van der Waals surface area contributed by atoms with Crippen LogP contribution in [0.25, 0.3) is 10.8 Å². The second kappa shape index (κ2) is 10.4. The van der Waals surface area contributed by atoms with Crippen molar-refractivity contribution in [1.29, 1.82) is 0 Å². The fraction of sp³-hybridized carbons (Fsp3) is 0.360. The van der Waals surface area contributed by atoms with E-state index >= 15 is 0 Å². The van der Waals surface area contributed by atoms with Crippen molar-refractivity contribution in [2.75, 3.05) is 12.4 Å². The zero-order chi connectivity index (χ0) is 20.5. The summed E-state index contributed by atoms with van der Waals surface area (Å²) in [4.78, 5) is 0.439. The summed E-state index contributed by atoms with van der Waals surface area (Å²) in [5.41, 5.74) is 1.08. The van der Waals surface area contributed by atoms with E-state index in [1.54, 1.807) is 12.1 Å². The van der Waals surface area contributed by atoms with E-state index in [1.165, 1.54) is 10.8 Å². The van der Waals surface area contributed by atoms with Crippen LogP contribution in [0.4, 0.5) is 0 Å².